The van der Waals surface area contributed by atoms with Crippen molar-refractivity contribution in [1.29, 1.82) is 0 Å². The van der Waals surface area contributed by atoms with Crippen molar-refractivity contribution in [2.24, 2.45) is 0 Å². The van der Waals surface area contributed by atoms with Gasteiger partial charge >= 0.3 is 0 Å². The summed E-state index contributed by atoms with van der Waals surface area (Å²) in [6.45, 7) is 4.57. The van der Waals surface area contributed by atoms with Crippen molar-refractivity contribution in [3.63, 3.8) is 0 Å². The van der Waals surface area contributed by atoms with Crippen LogP contribution in [0.25, 0.3) is 11.3 Å². The van der Waals surface area contributed by atoms with E-state index in [2.05, 4.69) is 20.4 Å². The van der Waals surface area contributed by atoms with Crippen molar-refractivity contribution >= 4 is 5.95 Å². The molecule has 0 amide bonds. The molecule has 6 heteroatoms. The van der Waals surface area contributed by atoms with E-state index in [1.54, 1.807) is 7.11 Å². The molecule has 3 rings (SSSR count). The fourth-order valence-electron chi connectivity index (χ4n) is 2.32. The monoisotopic (exact) mass is 288 g/mol. The van der Waals surface area contributed by atoms with Gasteiger partial charge in [-0.25, -0.2) is 9.97 Å². The Morgan fingerprint density at radius 2 is 2.29 bits per heavy atom. The summed E-state index contributed by atoms with van der Waals surface area (Å²) in [6, 6.07) is 2.09. The minimum atomic E-state index is 0.167. The second kappa shape index (κ2) is 5.81. The van der Waals surface area contributed by atoms with Crippen molar-refractivity contribution < 1.29 is 9.26 Å². The van der Waals surface area contributed by atoms with Gasteiger partial charge in [-0.05, 0) is 26.7 Å². The predicted octanol–water partition coefficient (Wildman–Crippen LogP) is 2.76. The van der Waals surface area contributed by atoms with Gasteiger partial charge in [0.25, 0.3) is 0 Å². The highest BCUT2D eigenvalue weighted by Gasteiger charge is 2.30. The van der Waals surface area contributed by atoms with E-state index in [4.69, 9.17) is 9.26 Å². The van der Waals surface area contributed by atoms with Gasteiger partial charge in [0.15, 0.2) is 5.76 Å². The number of ether oxygens (including phenoxy) is 1. The third-order valence-electron chi connectivity index (χ3n) is 3.47. The molecule has 2 aromatic rings. The van der Waals surface area contributed by atoms with Crippen LogP contribution in [0.3, 0.4) is 0 Å². The Balaban J connectivity index is 1.88. The first kappa shape index (κ1) is 14.0. The zero-order valence-electron chi connectivity index (χ0n) is 12.6. The Kier molecular flexibility index (Phi) is 3.88. The lowest BCUT2D eigenvalue weighted by molar-refractivity contribution is 0.190. The van der Waals surface area contributed by atoms with Gasteiger partial charge in [-0.1, -0.05) is 5.16 Å². The summed E-state index contributed by atoms with van der Waals surface area (Å²) < 4.78 is 10.5. The average molecular weight is 288 g/mol. The zero-order valence-corrected chi connectivity index (χ0v) is 12.6. The zero-order chi connectivity index (χ0) is 14.8. The van der Waals surface area contributed by atoms with Crippen LogP contribution in [-0.2, 0) is 4.74 Å². The molecule has 0 unspecified atom stereocenters. The molecule has 0 spiro atoms. The molecule has 1 fully saturated rings. The summed E-state index contributed by atoms with van der Waals surface area (Å²) in [5.41, 5.74) is 2.86. The first-order valence-corrected chi connectivity index (χ1v) is 7.23. The first-order valence-electron chi connectivity index (χ1n) is 7.23. The quantitative estimate of drug-likeness (QED) is 0.881. The Morgan fingerprint density at radius 1 is 1.48 bits per heavy atom. The Bertz CT molecular complexity index is 622. The molecule has 1 saturated carbocycles. The second-order valence-electron chi connectivity index (χ2n) is 5.60. The molecule has 1 aliphatic carbocycles. The van der Waals surface area contributed by atoms with Gasteiger partial charge < -0.3 is 14.6 Å². The maximum absolute atomic E-state index is 5.36. The van der Waals surface area contributed by atoms with Gasteiger partial charge in [0, 0.05) is 31.3 Å². The summed E-state index contributed by atoms with van der Waals surface area (Å²) in [4.78, 5) is 9.07. The minimum absolute atomic E-state index is 0.167. The number of anilines is 1. The lowest BCUT2D eigenvalue weighted by Crippen LogP contribution is -2.22. The van der Waals surface area contributed by atoms with Gasteiger partial charge in [0.2, 0.25) is 5.95 Å². The maximum atomic E-state index is 5.36. The van der Waals surface area contributed by atoms with E-state index in [1.165, 1.54) is 12.8 Å². The van der Waals surface area contributed by atoms with E-state index in [9.17, 15) is 0 Å². The van der Waals surface area contributed by atoms with E-state index in [1.807, 2.05) is 26.1 Å². The van der Waals surface area contributed by atoms with Crippen molar-refractivity contribution in [1.82, 2.24) is 15.1 Å². The van der Waals surface area contributed by atoms with Crippen LogP contribution in [0.5, 0.6) is 0 Å². The molecule has 1 aliphatic rings. The predicted molar refractivity (Wildman–Crippen MR) is 79.2 cm³/mol. The maximum Gasteiger partial charge on any atom is 0.223 e. The van der Waals surface area contributed by atoms with Gasteiger partial charge in [-0.15, -0.1) is 0 Å². The van der Waals surface area contributed by atoms with Crippen LogP contribution < -0.4 is 5.32 Å². The van der Waals surface area contributed by atoms with E-state index in [0.29, 0.717) is 18.5 Å². The molecule has 112 valence electrons. The third-order valence-corrected chi connectivity index (χ3v) is 3.47. The highest BCUT2D eigenvalue weighted by molar-refractivity contribution is 5.62. The standard InChI is InChI=1S/C15H20N4O2/c1-9-6-13(21-19-9)12-7-16-15(17-10(2)8-20-3)18-14(12)11-4-5-11/h6-7,10-11H,4-5,8H2,1-3H3,(H,16,17,18)/t10-/m0/s1. The SMILES string of the molecule is COC[C@H](C)Nc1ncc(-c2cc(C)no2)c(C2CC2)n1. The first-order chi connectivity index (χ1) is 10.2. The Labute approximate surface area is 123 Å². The third kappa shape index (κ3) is 3.21. The Morgan fingerprint density at radius 3 is 2.90 bits per heavy atom. The fourth-order valence-corrected chi connectivity index (χ4v) is 2.32. The number of nitrogens with zero attached hydrogens (tertiary/aromatic N) is 3. The number of hydrogen-bond acceptors (Lipinski definition) is 6. The number of nitrogens with one attached hydrogen (secondary N) is 1. The number of hydrogen-bond donors (Lipinski definition) is 1. The number of aromatic nitrogens is 3. The minimum Gasteiger partial charge on any atom is -0.383 e. The second-order valence-corrected chi connectivity index (χ2v) is 5.60. The molecule has 0 aromatic carbocycles. The average Bonchev–Trinajstić information content (AvgIpc) is 3.21. The molecular formula is C15H20N4O2. The van der Waals surface area contributed by atoms with E-state index in [-0.39, 0.29) is 6.04 Å². The molecule has 1 atom stereocenters. The largest absolute Gasteiger partial charge is 0.383 e. The van der Waals surface area contributed by atoms with Gasteiger partial charge in [-0.3, -0.25) is 0 Å². The summed E-state index contributed by atoms with van der Waals surface area (Å²) in [5, 5.41) is 7.20. The van der Waals surface area contributed by atoms with Crippen LogP contribution in [0, 0.1) is 6.92 Å². The molecule has 1 N–H and O–H groups in total. The van der Waals surface area contributed by atoms with Gasteiger partial charge in [0.05, 0.1) is 23.6 Å². The fraction of sp³-hybridized carbons (Fsp3) is 0.533. The lowest BCUT2D eigenvalue weighted by atomic mass is 10.1. The van der Waals surface area contributed by atoms with Crippen molar-refractivity contribution in [3.8, 4) is 11.3 Å². The van der Waals surface area contributed by atoms with Gasteiger partial charge in [-0.2, -0.15) is 0 Å². The summed E-state index contributed by atoms with van der Waals surface area (Å²) in [5.74, 6) is 1.89. The van der Waals surface area contributed by atoms with Crippen molar-refractivity contribution in [2.45, 2.75) is 38.6 Å². The molecule has 2 heterocycles. The van der Waals surface area contributed by atoms with E-state index < -0.39 is 0 Å². The molecule has 0 aliphatic heterocycles. The summed E-state index contributed by atoms with van der Waals surface area (Å²) >= 11 is 0. The lowest BCUT2D eigenvalue weighted by Gasteiger charge is -2.14. The van der Waals surface area contributed by atoms with Crippen LogP contribution >= 0.6 is 0 Å². The number of methoxy groups -OCH3 is 1. The smallest absolute Gasteiger partial charge is 0.223 e. The van der Waals surface area contributed by atoms with Crippen LogP contribution in [0.4, 0.5) is 5.95 Å². The van der Waals surface area contributed by atoms with Gasteiger partial charge in [0.1, 0.15) is 0 Å². The highest BCUT2D eigenvalue weighted by Crippen LogP contribution is 2.43. The molecule has 2 aromatic heterocycles. The molecule has 21 heavy (non-hydrogen) atoms. The van der Waals surface area contributed by atoms with Crippen LogP contribution in [-0.4, -0.2) is 34.9 Å². The van der Waals surface area contributed by atoms with E-state index >= 15 is 0 Å². The number of aryl methyl sites for hydroxylation is 1. The molecule has 0 bridgehead atoms. The molecule has 0 radical (unpaired) electrons. The Hall–Kier alpha value is -1.95. The summed E-state index contributed by atoms with van der Waals surface area (Å²) in [6.07, 6.45) is 4.16. The van der Waals surface area contributed by atoms with E-state index in [0.717, 1.165) is 22.7 Å². The van der Waals surface area contributed by atoms with Crippen LogP contribution in [0.2, 0.25) is 0 Å². The van der Waals surface area contributed by atoms with Crippen LogP contribution in [0.15, 0.2) is 16.8 Å². The topological polar surface area (TPSA) is 73.1 Å². The molecular weight excluding hydrogens is 268 g/mol. The molecule has 6 nitrogen and oxygen atoms in total. The summed E-state index contributed by atoms with van der Waals surface area (Å²) in [7, 11) is 1.68. The van der Waals surface area contributed by atoms with Crippen molar-refractivity contribution in [3.05, 3.63) is 23.7 Å². The van der Waals surface area contributed by atoms with Crippen LogP contribution in [0.1, 0.15) is 37.1 Å². The van der Waals surface area contributed by atoms with Crippen molar-refractivity contribution in [2.75, 3.05) is 19.0 Å². The molecule has 0 saturated heterocycles. The number of rotatable bonds is 6. The normalized spacial score (nSPS) is 16.0. The highest BCUT2D eigenvalue weighted by atomic mass is 16.5.